The molecule has 0 unspecified atom stereocenters. The molecule has 0 radical (unpaired) electrons. The minimum absolute atomic E-state index is 0.302. The number of rotatable bonds is 12. The van der Waals surface area contributed by atoms with Crippen molar-refractivity contribution in [3.8, 4) is 11.5 Å². The molecular weight excluding hydrogens is 570 g/mol. The molecule has 0 spiro atoms. The Hall–Kier alpha value is -1.61. The zero-order valence-electron chi connectivity index (χ0n) is 18.3. The molecule has 4 nitrogen and oxygen atoms in total. The van der Waals surface area contributed by atoms with Crippen molar-refractivity contribution in [1.29, 1.82) is 0 Å². The molecule has 2 rings (SSSR count). The van der Waals surface area contributed by atoms with E-state index in [1.807, 2.05) is 19.9 Å². The molecule has 0 heterocycles. The molecule has 0 aliphatic heterocycles. The van der Waals surface area contributed by atoms with E-state index in [1.165, 1.54) is 13.2 Å². The molecule has 1 amide bonds. The van der Waals surface area contributed by atoms with Crippen molar-refractivity contribution in [3.05, 3.63) is 41.5 Å². The highest BCUT2D eigenvalue weighted by atomic mass is 32.2. The highest BCUT2D eigenvalue weighted by Crippen LogP contribution is 2.54. The number of benzene rings is 2. The van der Waals surface area contributed by atoms with Gasteiger partial charge in [0.05, 0.1) is 98.0 Å². The van der Waals surface area contributed by atoms with Gasteiger partial charge in [-0.1, -0.05) is 11.6 Å². The van der Waals surface area contributed by atoms with E-state index < -0.39 is 96.8 Å². The first-order valence-electron chi connectivity index (χ1n) is 9.45. The first-order chi connectivity index (χ1) is 16.8. The van der Waals surface area contributed by atoms with Crippen LogP contribution in [0.25, 0.3) is 6.08 Å². The summed E-state index contributed by atoms with van der Waals surface area (Å²) in [5.41, 5.74) is 1.09. The van der Waals surface area contributed by atoms with Crippen LogP contribution in [-0.2, 0) is 4.79 Å². The molecule has 0 saturated heterocycles. The predicted molar refractivity (Wildman–Crippen MR) is 137 cm³/mol. The molecule has 0 bridgehead atoms. The van der Waals surface area contributed by atoms with Crippen LogP contribution in [0.5, 0.6) is 11.5 Å². The topological polar surface area (TPSA) is 47.6 Å². The largest absolute Gasteiger partial charge is 0.493 e. The van der Waals surface area contributed by atoms with Crippen molar-refractivity contribution in [2.24, 2.45) is 0 Å². The van der Waals surface area contributed by atoms with E-state index in [1.54, 1.807) is 18.2 Å². The minimum Gasteiger partial charge on any atom is -0.493 e. The van der Waals surface area contributed by atoms with E-state index in [9.17, 15) is 24.2 Å². The third-order valence-corrected chi connectivity index (χ3v) is 7.59. The van der Waals surface area contributed by atoms with Crippen LogP contribution in [0.15, 0.2) is 60.4 Å². The second-order valence-electron chi connectivity index (χ2n) is 6.73. The monoisotopic (exact) mass is 587 g/mol. The lowest BCUT2D eigenvalue weighted by molar-refractivity contribution is -0.111. The Balaban J connectivity index is 2.37. The summed E-state index contributed by atoms with van der Waals surface area (Å²) in [6.45, 7) is 4.15. The molecule has 0 aliphatic rings. The van der Waals surface area contributed by atoms with Gasteiger partial charge >= 0.3 is 0 Å². The Bertz CT molecular complexity index is 1080. The summed E-state index contributed by atoms with van der Waals surface area (Å²) in [5, 5.41) is 2.23. The number of carbonyl (C=O) groups excluding carboxylic acids is 1. The molecule has 190 valence electrons. The van der Waals surface area contributed by atoms with Gasteiger partial charge in [0, 0.05) is 6.08 Å². The maximum Gasteiger partial charge on any atom is 0.248 e. The lowest BCUT2D eigenvalue weighted by Gasteiger charge is -2.17. The predicted octanol–water partition coefficient (Wildman–Crippen LogP) is 9.58. The van der Waals surface area contributed by atoms with Crippen molar-refractivity contribution in [2.75, 3.05) is 19.0 Å². The zero-order valence-corrected chi connectivity index (χ0v) is 22.4. The summed E-state index contributed by atoms with van der Waals surface area (Å²) < 4.78 is 78.5. The number of ether oxygens (including phenoxy) is 2. The fourth-order valence-corrected chi connectivity index (χ4v) is 5.51. The van der Waals surface area contributed by atoms with Crippen LogP contribution in [0.2, 0.25) is 0 Å². The summed E-state index contributed by atoms with van der Waals surface area (Å²) >= 11 is -2.71. The van der Waals surface area contributed by atoms with Crippen LogP contribution >= 0.6 is 60.7 Å². The van der Waals surface area contributed by atoms with Gasteiger partial charge in [-0.05, 0) is 43.7 Å². The number of halogens is 5. The number of amides is 1. The van der Waals surface area contributed by atoms with Crippen LogP contribution < -0.4 is 14.8 Å². The van der Waals surface area contributed by atoms with Crippen molar-refractivity contribution < 1.29 is 33.7 Å². The maximum absolute atomic E-state index is 13.6. The molecule has 0 saturated carbocycles. The molecule has 0 fully saturated rings. The number of methoxy groups -OCH3 is 1. The van der Waals surface area contributed by atoms with Gasteiger partial charge < -0.3 is 14.8 Å². The number of hydrogen-bond acceptors (Lipinski definition) is 8. The zero-order chi connectivity index (χ0) is 26.0. The second kappa shape index (κ2) is 14.8. The smallest absolute Gasteiger partial charge is 0.248 e. The van der Waals surface area contributed by atoms with Gasteiger partial charge in [0.1, 0.15) is 6.61 Å². The minimum atomic E-state index is -0.844. The van der Waals surface area contributed by atoms with E-state index in [0.29, 0.717) is 23.7 Å². The quantitative estimate of drug-likeness (QED) is 0.150. The molecule has 2 aromatic rings. The Kier molecular flexibility index (Phi) is 12.6. The number of hydrogen-bond donors (Lipinski definition) is 1. The summed E-state index contributed by atoms with van der Waals surface area (Å²) in [4.78, 5) is 9.50. The second-order valence-corrected chi connectivity index (χ2v) is 9.54. The molecule has 0 aliphatic carbocycles. The Morgan fingerprint density at radius 1 is 0.886 bits per heavy atom. The average Bonchev–Trinajstić information content (AvgIpc) is 2.86. The Morgan fingerprint density at radius 2 is 1.43 bits per heavy atom. The fourth-order valence-electron chi connectivity index (χ4n) is 2.66. The SMILES string of the molecule is COc1ccc(C=CC(=O)Nc2c(SF)c(SF)c(SF)c(SF)c2SF)cc1OCC=C(C)C. The number of allylic oxidation sites excluding steroid dienone is 1. The molecule has 35 heavy (non-hydrogen) atoms. The first kappa shape index (κ1) is 29.6. The van der Waals surface area contributed by atoms with Gasteiger partial charge in [-0.25, -0.2) is 0 Å². The standard InChI is InChI=1S/C21H18F5NO3S5/c1-11(2)8-9-30-14-10-12(4-6-13(14)29-3)5-7-15(28)27-16-17(31-22)19(33-24)21(35-26)20(34-25)18(16)32-23/h4-8,10H,9H2,1-3H3,(H,27,28). The van der Waals surface area contributed by atoms with Crippen molar-refractivity contribution in [3.63, 3.8) is 0 Å². The lowest BCUT2D eigenvalue weighted by atomic mass is 10.2. The van der Waals surface area contributed by atoms with E-state index in [2.05, 4.69) is 5.32 Å². The van der Waals surface area contributed by atoms with Gasteiger partial charge in [-0.15, -0.1) is 0 Å². The van der Waals surface area contributed by atoms with Gasteiger partial charge in [0.25, 0.3) is 0 Å². The highest BCUT2D eigenvalue weighted by Gasteiger charge is 2.28. The van der Waals surface area contributed by atoms with Crippen molar-refractivity contribution in [2.45, 2.75) is 38.3 Å². The van der Waals surface area contributed by atoms with Crippen LogP contribution in [0.1, 0.15) is 19.4 Å². The molecule has 0 aromatic heterocycles. The van der Waals surface area contributed by atoms with Crippen molar-refractivity contribution in [1.82, 2.24) is 0 Å². The van der Waals surface area contributed by atoms with E-state index in [-0.39, 0.29) is 0 Å². The number of nitrogens with one attached hydrogen (secondary N) is 1. The van der Waals surface area contributed by atoms with Crippen LogP contribution in [0.4, 0.5) is 25.1 Å². The molecular formula is C21H18F5NO3S5. The third kappa shape index (κ3) is 7.68. The van der Waals surface area contributed by atoms with Crippen molar-refractivity contribution >= 4 is 78.4 Å². The number of anilines is 1. The van der Waals surface area contributed by atoms with Crippen LogP contribution in [-0.4, -0.2) is 19.6 Å². The Morgan fingerprint density at radius 3 is 1.91 bits per heavy atom. The van der Waals surface area contributed by atoms with E-state index in [0.717, 1.165) is 11.6 Å². The van der Waals surface area contributed by atoms with Gasteiger partial charge in [0.15, 0.2) is 11.5 Å². The molecule has 14 heteroatoms. The van der Waals surface area contributed by atoms with Crippen LogP contribution in [0.3, 0.4) is 0 Å². The van der Waals surface area contributed by atoms with E-state index >= 15 is 0 Å². The number of carbonyl (C=O) groups is 1. The van der Waals surface area contributed by atoms with Gasteiger partial charge in [0.2, 0.25) is 5.91 Å². The maximum atomic E-state index is 13.6. The van der Waals surface area contributed by atoms with Crippen LogP contribution in [0, 0.1) is 0 Å². The Labute approximate surface area is 221 Å². The molecule has 2 aromatic carbocycles. The summed E-state index contributed by atoms with van der Waals surface area (Å²) in [6, 6.07) is 4.90. The van der Waals surface area contributed by atoms with E-state index in [4.69, 9.17) is 9.47 Å². The van der Waals surface area contributed by atoms with Gasteiger partial charge in [-0.3, -0.25) is 4.79 Å². The molecule has 1 N–H and O–H groups in total. The summed E-state index contributed by atoms with van der Waals surface area (Å²) in [6.07, 6.45) is 4.33. The summed E-state index contributed by atoms with van der Waals surface area (Å²) in [5.74, 6) is 0.0540. The first-order valence-corrected chi connectivity index (χ1v) is 13.0. The summed E-state index contributed by atoms with van der Waals surface area (Å²) in [7, 11) is 1.48. The third-order valence-electron chi connectivity index (χ3n) is 4.26. The van der Waals surface area contributed by atoms with Gasteiger partial charge in [-0.2, -0.15) is 19.4 Å². The highest BCUT2D eigenvalue weighted by molar-refractivity contribution is 8.00. The average molecular weight is 588 g/mol. The fraction of sp³-hybridized carbons (Fsp3) is 0.190. The normalized spacial score (nSPS) is 11.0. The molecule has 0 atom stereocenters. The lowest BCUT2D eigenvalue weighted by Crippen LogP contribution is -2.11.